The lowest BCUT2D eigenvalue weighted by atomic mass is 10.4. The van der Waals surface area contributed by atoms with Gasteiger partial charge in [0.25, 0.3) is 0 Å². The van der Waals surface area contributed by atoms with Crippen LogP contribution in [0.1, 0.15) is 19.8 Å². The summed E-state index contributed by atoms with van der Waals surface area (Å²) >= 11 is 0. The average molecular weight is 131 g/mol. The molecule has 0 aromatic rings. The van der Waals surface area contributed by atoms with Crippen molar-refractivity contribution < 1.29 is 14.3 Å². The predicted molar refractivity (Wildman–Crippen MR) is 32.7 cm³/mol. The maximum absolute atomic E-state index is 10.2. The highest BCUT2D eigenvalue weighted by atomic mass is 16.7. The summed E-state index contributed by atoms with van der Waals surface area (Å²) in [4.78, 5) is 10.2. The number of hydrogen-bond acceptors (Lipinski definition) is 3. The molecule has 1 radical (unpaired) electrons. The van der Waals surface area contributed by atoms with Gasteiger partial charge >= 0.3 is 6.16 Å². The normalized spacial score (nSPS) is 8.67. The van der Waals surface area contributed by atoms with Crippen molar-refractivity contribution in [3.05, 3.63) is 6.61 Å². The van der Waals surface area contributed by atoms with E-state index in [-0.39, 0.29) is 0 Å². The lowest BCUT2D eigenvalue weighted by Crippen LogP contribution is -2.00. The number of carbonyl (C=O) groups is 1. The van der Waals surface area contributed by atoms with E-state index in [0.717, 1.165) is 12.8 Å². The second-order valence-electron chi connectivity index (χ2n) is 1.53. The van der Waals surface area contributed by atoms with Crippen molar-refractivity contribution in [3.63, 3.8) is 0 Å². The van der Waals surface area contributed by atoms with E-state index in [2.05, 4.69) is 9.47 Å². The molecule has 0 atom stereocenters. The number of ether oxygens (including phenoxy) is 2. The Morgan fingerprint density at radius 2 is 2.33 bits per heavy atom. The highest BCUT2D eigenvalue weighted by Gasteiger charge is 1.97. The lowest BCUT2D eigenvalue weighted by Gasteiger charge is -1.98. The quantitative estimate of drug-likeness (QED) is 0.432. The van der Waals surface area contributed by atoms with E-state index in [4.69, 9.17) is 0 Å². The molecule has 0 aliphatic heterocycles. The minimum absolute atomic E-state index is 0.650. The largest absolute Gasteiger partial charge is 0.508 e. The fourth-order valence-electron chi connectivity index (χ4n) is 0.293. The van der Waals surface area contributed by atoms with E-state index in [9.17, 15) is 4.79 Å². The molecule has 0 aromatic carbocycles. The molecule has 0 amide bonds. The van der Waals surface area contributed by atoms with Crippen molar-refractivity contribution in [1.82, 2.24) is 0 Å². The summed E-state index contributed by atoms with van der Waals surface area (Å²) in [7, 11) is 1.28. The Balaban J connectivity index is 2.97. The topological polar surface area (TPSA) is 35.5 Å². The van der Waals surface area contributed by atoms with Crippen LogP contribution < -0.4 is 0 Å². The number of hydrogen-bond donors (Lipinski definition) is 0. The van der Waals surface area contributed by atoms with Gasteiger partial charge in [0.05, 0.1) is 7.11 Å². The molecule has 0 saturated carbocycles. The van der Waals surface area contributed by atoms with E-state index >= 15 is 0 Å². The SMILES string of the molecule is CCC[CH]OC(=O)OC. The van der Waals surface area contributed by atoms with Gasteiger partial charge in [-0.15, -0.1) is 0 Å². The molecule has 9 heavy (non-hydrogen) atoms. The van der Waals surface area contributed by atoms with Gasteiger partial charge in [-0.3, -0.25) is 0 Å². The fraction of sp³-hybridized carbons (Fsp3) is 0.667. The first-order valence-corrected chi connectivity index (χ1v) is 2.87. The second-order valence-corrected chi connectivity index (χ2v) is 1.53. The van der Waals surface area contributed by atoms with Crippen LogP contribution in [0.3, 0.4) is 0 Å². The summed E-state index contributed by atoms with van der Waals surface area (Å²) in [6, 6.07) is 0. The first kappa shape index (κ1) is 8.27. The van der Waals surface area contributed by atoms with E-state index in [1.165, 1.54) is 13.7 Å². The zero-order chi connectivity index (χ0) is 7.11. The molecule has 0 unspecified atom stereocenters. The number of rotatable bonds is 3. The van der Waals surface area contributed by atoms with Crippen molar-refractivity contribution >= 4 is 6.16 Å². The first-order chi connectivity index (χ1) is 4.31. The van der Waals surface area contributed by atoms with Crippen LogP contribution in [0, 0.1) is 6.61 Å². The number of carbonyl (C=O) groups excluding carboxylic acids is 1. The van der Waals surface area contributed by atoms with Crippen LogP contribution in [0.5, 0.6) is 0 Å². The number of unbranched alkanes of at least 4 members (excludes halogenated alkanes) is 1. The Kier molecular flexibility index (Phi) is 4.97. The Bertz CT molecular complexity index is 80.4. The minimum atomic E-state index is -0.650. The summed E-state index contributed by atoms with van der Waals surface area (Å²) in [5.74, 6) is 0. The monoisotopic (exact) mass is 131 g/mol. The molecule has 0 aliphatic carbocycles. The van der Waals surface area contributed by atoms with Crippen molar-refractivity contribution in [2.24, 2.45) is 0 Å². The molecule has 53 valence electrons. The maximum atomic E-state index is 10.2. The smallest absolute Gasteiger partial charge is 0.438 e. The van der Waals surface area contributed by atoms with Crippen molar-refractivity contribution in [2.75, 3.05) is 7.11 Å². The standard InChI is InChI=1S/C6H11O3/c1-3-4-5-9-6(7)8-2/h5H,3-4H2,1-2H3. The van der Waals surface area contributed by atoms with Crippen LogP contribution in [-0.4, -0.2) is 13.3 Å². The van der Waals surface area contributed by atoms with Crippen LogP contribution in [-0.2, 0) is 9.47 Å². The summed E-state index contributed by atoms with van der Waals surface area (Å²) in [6.07, 6.45) is 1.09. The molecular weight excluding hydrogens is 120 g/mol. The molecule has 0 N–H and O–H groups in total. The zero-order valence-corrected chi connectivity index (χ0v) is 5.72. The minimum Gasteiger partial charge on any atom is -0.438 e. The zero-order valence-electron chi connectivity index (χ0n) is 5.72. The summed E-state index contributed by atoms with van der Waals surface area (Å²) in [5, 5.41) is 0. The van der Waals surface area contributed by atoms with Crippen molar-refractivity contribution in [3.8, 4) is 0 Å². The third kappa shape index (κ3) is 5.14. The molecule has 0 rings (SSSR count). The molecule has 0 spiro atoms. The molecule has 0 saturated heterocycles. The molecular formula is C6H11O3. The molecule has 0 aliphatic rings. The van der Waals surface area contributed by atoms with Gasteiger partial charge in [0.1, 0.15) is 6.61 Å². The van der Waals surface area contributed by atoms with Crippen LogP contribution in [0.25, 0.3) is 0 Å². The van der Waals surface area contributed by atoms with E-state index in [1.54, 1.807) is 0 Å². The Labute approximate surface area is 55.0 Å². The maximum Gasteiger partial charge on any atom is 0.508 e. The van der Waals surface area contributed by atoms with Gasteiger partial charge in [-0.05, 0) is 6.42 Å². The van der Waals surface area contributed by atoms with Crippen LogP contribution in [0.2, 0.25) is 0 Å². The van der Waals surface area contributed by atoms with Gasteiger partial charge < -0.3 is 9.47 Å². The van der Waals surface area contributed by atoms with E-state index < -0.39 is 6.16 Å². The van der Waals surface area contributed by atoms with E-state index in [0.29, 0.717) is 0 Å². The highest BCUT2D eigenvalue weighted by molar-refractivity contribution is 5.59. The average Bonchev–Trinajstić information content (AvgIpc) is 1.89. The summed E-state index contributed by atoms with van der Waals surface area (Å²) in [5.41, 5.74) is 0. The van der Waals surface area contributed by atoms with Gasteiger partial charge in [-0.1, -0.05) is 13.3 Å². The fourth-order valence-corrected chi connectivity index (χ4v) is 0.293. The molecule has 0 bridgehead atoms. The third-order valence-corrected chi connectivity index (χ3v) is 0.753. The number of methoxy groups -OCH3 is 1. The summed E-state index contributed by atoms with van der Waals surface area (Å²) in [6.45, 7) is 3.43. The first-order valence-electron chi connectivity index (χ1n) is 2.87. The van der Waals surface area contributed by atoms with Crippen LogP contribution >= 0.6 is 0 Å². The predicted octanol–water partition coefficient (Wildman–Crippen LogP) is 1.73. The van der Waals surface area contributed by atoms with Gasteiger partial charge in [0, 0.05) is 0 Å². The Hall–Kier alpha value is -0.730. The van der Waals surface area contributed by atoms with Crippen LogP contribution in [0.4, 0.5) is 4.79 Å². The van der Waals surface area contributed by atoms with Gasteiger partial charge in [-0.2, -0.15) is 0 Å². The van der Waals surface area contributed by atoms with Crippen molar-refractivity contribution in [1.29, 1.82) is 0 Å². The lowest BCUT2D eigenvalue weighted by molar-refractivity contribution is 0.0916. The highest BCUT2D eigenvalue weighted by Crippen LogP contribution is 1.94. The molecule has 0 aromatic heterocycles. The van der Waals surface area contributed by atoms with Gasteiger partial charge in [0.15, 0.2) is 0 Å². The Morgan fingerprint density at radius 3 is 2.78 bits per heavy atom. The van der Waals surface area contributed by atoms with E-state index in [1.807, 2.05) is 6.92 Å². The van der Waals surface area contributed by atoms with Crippen molar-refractivity contribution in [2.45, 2.75) is 19.8 Å². The Morgan fingerprint density at radius 1 is 1.67 bits per heavy atom. The molecule has 3 heteroatoms. The van der Waals surface area contributed by atoms with Crippen LogP contribution in [0.15, 0.2) is 0 Å². The molecule has 3 nitrogen and oxygen atoms in total. The third-order valence-electron chi connectivity index (χ3n) is 0.753. The summed E-state index contributed by atoms with van der Waals surface area (Å²) < 4.78 is 8.65. The second kappa shape index (κ2) is 5.41. The van der Waals surface area contributed by atoms with Gasteiger partial charge in [-0.25, -0.2) is 4.79 Å². The molecule has 0 fully saturated rings. The van der Waals surface area contributed by atoms with Gasteiger partial charge in [0.2, 0.25) is 0 Å². The molecule has 0 heterocycles.